The maximum absolute atomic E-state index is 12.1. The Bertz CT molecular complexity index is 710. The lowest BCUT2D eigenvalue weighted by atomic mass is 10.1. The summed E-state index contributed by atoms with van der Waals surface area (Å²) in [5.74, 6) is 0. The molecule has 0 aliphatic rings. The van der Waals surface area contributed by atoms with Gasteiger partial charge in [-0.2, -0.15) is 4.73 Å². The summed E-state index contributed by atoms with van der Waals surface area (Å²) < 4.78 is 1.75. The van der Waals surface area contributed by atoms with E-state index in [1.54, 1.807) is 6.20 Å². The number of hydrogen-bond donors (Lipinski definition) is 0. The Balaban J connectivity index is 2.37. The summed E-state index contributed by atoms with van der Waals surface area (Å²) in [5.41, 5.74) is 1.56. The van der Waals surface area contributed by atoms with Gasteiger partial charge in [-0.15, -0.1) is 0 Å². The number of nitrogens with zero attached hydrogens (tertiary/aromatic N) is 1. The van der Waals surface area contributed by atoms with Gasteiger partial charge in [-0.25, -0.2) is 0 Å². The van der Waals surface area contributed by atoms with Gasteiger partial charge in [-0.1, -0.05) is 36.4 Å². The Morgan fingerprint density at radius 2 is 1.56 bits per heavy atom. The lowest BCUT2D eigenvalue weighted by Crippen LogP contribution is -2.29. The van der Waals surface area contributed by atoms with Gasteiger partial charge in [-0.3, -0.25) is 0 Å². The number of pyridine rings is 1. The van der Waals surface area contributed by atoms with Crippen molar-refractivity contribution in [3.05, 3.63) is 70.5 Å². The van der Waals surface area contributed by atoms with Crippen molar-refractivity contribution in [1.82, 2.24) is 0 Å². The average molecular weight is 300 g/mol. The van der Waals surface area contributed by atoms with Crippen LogP contribution in [0.3, 0.4) is 0 Å². The molecule has 1 heterocycles. The second-order valence-electron chi connectivity index (χ2n) is 4.07. The molecule has 3 heteroatoms. The molecule has 0 saturated carbocycles. The lowest BCUT2D eigenvalue weighted by molar-refractivity contribution is -0.592. The van der Waals surface area contributed by atoms with Crippen LogP contribution in [0.5, 0.6) is 0 Å². The molecule has 18 heavy (non-hydrogen) atoms. The fraction of sp³-hybridized carbons (Fsp3) is 0. The number of halogens is 1. The summed E-state index contributed by atoms with van der Waals surface area (Å²) in [7, 11) is 0. The third-order valence-corrected chi connectivity index (χ3v) is 3.73. The quantitative estimate of drug-likeness (QED) is 0.494. The van der Waals surface area contributed by atoms with Crippen LogP contribution in [-0.4, -0.2) is 0 Å². The monoisotopic (exact) mass is 299 g/mol. The average Bonchev–Trinajstić information content (AvgIpc) is 2.40. The van der Waals surface area contributed by atoms with Crippen LogP contribution < -0.4 is 4.73 Å². The fourth-order valence-electron chi connectivity index (χ4n) is 2.07. The first-order valence-electron chi connectivity index (χ1n) is 5.63. The van der Waals surface area contributed by atoms with E-state index in [-0.39, 0.29) is 0 Å². The van der Waals surface area contributed by atoms with Gasteiger partial charge in [0, 0.05) is 16.3 Å². The Labute approximate surface area is 113 Å². The van der Waals surface area contributed by atoms with Crippen molar-refractivity contribution in [2.75, 3.05) is 0 Å². The molecule has 0 N–H and O–H groups in total. The molecular weight excluding hydrogens is 290 g/mol. The van der Waals surface area contributed by atoms with Gasteiger partial charge < -0.3 is 5.21 Å². The van der Waals surface area contributed by atoms with Gasteiger partial charge in [0.1, 0.15) is 0 Å². The Kier molecular flexibility index (Phi) is 2.76. The molecule has 3 rings (SSSR count). The smallest absolute Gasteiger partial charge is 0.238 e. The fourth-order valence-corrected chi connectivity index (χ4v) is 2.84. The first kappa shape index (κ1) is 11.2. The minimum absolute atomic E-state index is 0.648. The molecule has 0 saturated heterocycles. The van der Waals surface area contributed by atoms with Crippen molar-refractivity contribution in [2.45, 2.75) is 0 Å². The van der Waals surface area contributed by atoms with Crippen LogP contribution >= 0.6 is 15.9 Å². The van der Waals surface area contributed by atoms with Crippen molar-refractivity contribution in [3.8, 4) is 11.3 Å². The highest BCUT2D eigenvalue weighted by molar-refractivity contribution is 9.10. The Hall–Kier alpha value is -1.87. The van der Waals surface area contributed by atoms with Crippen LogP contribution in [-0.2, 0) is 0 Å². The van der Waals surface area contributed by atoms with E-state index in [1.165, 1.54) is 0 Å². The van der Waals surface area contributed by atoms with E-state index in [1.807, 2.05) is 54.6 Å². The molecular formula is C15H10BrNO. The summed E-state index contributed by atoms with van der Waals surface area (Å²) in [6.07, 6.45) is 1.61. The first-order chi connectivity index (χ1) is 8.77. The van der Waals surface area contributed by atoms with Gasteiger partial charge in [0.05, 0.1) is 4.47 Å². The number of hydrogen-bond acceptors (Lipinski definition) is 1. The molecule has 0 atom stereocenters. The topological polar surface area (TPSA) is 26.9 Å². The third-order valence-electron chi connectivity index (χ3n) is 2.93. The highest BCUT2D eigenvalue weighted by atomic mass is 79.9. The molecule has 2 aromatic carbocycles. The second kappa shape index (κ2) is 4.42. The molecule has 2 nitrogen and oxygen atoms in total. The minimum Gasteiger partial charge on any atom is -0.618 e. The third kappa shape index (κ3) is 1.77. The van der Waals surface area contributed by atoms with E-state index >= 15 is 0 Å². The molecule has 3 aromatic rings. The van der Waals surface area contributed by atoms with Crippen LogP contribution in [0.2, 0.25) is 0 Å². The van der Waals surface area contributed by atoms with Crippen LogP contribution in [0.4, 0.5) is 0 Å². The van der Waals surface area contributed by atoms with Gasteiger partial charge in [0.25, 0.3) is 0 Å². The van der Waals surface area contributed by atoms with Crippen molar-refractivity contribution in [1.29, 1.82) is 0 Å². The molecule has 1 aromatic heterocycles. The maximum Gasteiger partial charge on any atom is 0.238 e. The van der Waals surface area contributed by atoms with Gasteiger partial charge in [0.2, 0.25) is 5.69 Å². The van der Waals surface area contributed by atoms with Crippen molar-refractivity contribution in [2.24, 2.45) is 0 Å². The lowest BCUT2D eigenvalue weighted by Gasteiger charge is -2.09. The van der Waals surface area contributed by atoms with Crippen molar-refractivity contribution in [3.63, 3.8) is 0 Å². The molecule has 0 bridgehead atoms. The molecule has 0 spiro atoms. The van der Waals surface area contributed by atoms with Crippen LogP contribution in [0, 0.1) is 5.21 Å². The van der Waals surface area contributed by atoms with Gasteiger partial charge in [-0.05, 0) is 34.1 Å². The summed E-state index contributed by atoms with van der Waals surface area (Å²) in [6, 6.07) is 17.5. The molecule has 88 valence electrons. The highest BCUT2D eigenvalue weighted by Crippen LogP contribution is 2.31. The molecule has 0 aliphatic heterocycles. The van der Waals surface area contributed by atoms with Gasteiger partial charge >= 0.3 is 0 Å². The summed E-state index contributed by atoms with van der Waals surface area (Å²) >= 11 is 3.55. The van der Waals surface area contributed by atoms with E-state index in [4.69, 9.17) is 0 Å². The first-order valence-corrected chi connectivity index (χ1v) is 6.42. The SMILES string of the molecule is [O-][n+]1cc2ccccc2c(Br)c1-c1ccccc1. The minimum atomic E-state index is 0.648. The molecule has 0 amide bonds. The largest absolute Gasteiger partial charge is 0.618 e. The standard InChI is InChI=1S/C15H10BrNO/c16-14-13-9-5-4-8-12(13)10-17(18)15(14)11-6-2-1-3-7-11/h1-10H. The van der Waals surface area contributed by atoms with Crippen LogP contribution in [0.15, 0.2) is 65.3 Å². The van der Waals surface area contributed by atoms with E-state index in [2.05, 4.69) is 15.9 Å². The van der Waals surface area contributed by atoms with Crippen LogP contribution in [0.1, 0.15) is 0 Å². The van der Waals surface area contributed by atoms with Crippen LogP contribution in [0.25, 0.3) is 22.0 Å². The van der Waals surface area contributed by atoms with E-state index in [9.17, 15) is 5.21 Å². The zero-order chi connectivity index (χ0) is 12.5. The maximum atomic E-state index is 12.1. The highest BCUT2D eigenvalue weighted by Gasteiger charge is 2.16. The summed E-state index contributed by atoms with van der Waals surface area (Å²) in [4.78, 5) is 0. The van der Waals surface area contributed by atoms with E-state index in [0.717, 1.165) is 25.5 Å². The Morgan fingerprint density at radius 1 is 0.889 bits per heavy atom. The zero-order valence-electron chi connectivity index (χ0n) is 9.51. The predicted molar refractivity (Wildman–Crippen MR) is 76.0 cm³/mol. The number of aromatic nitrogens is 1. The Morgan fingerprint density at radius 3 is 2.33 bits per heavy atom. The zero-order valence-corrected chi connectivity index (χ0v) is 11.1. The number of benzene rings is 2. The van der Waals surface area contributed by atoms with E-state index < -0.39 is 0 Å². The molecule has 0 fully saturated rings. The van der Waals surface area contributed by atoms with Crippen molar-refractivity contribution >= 4 is 26.7 Å². The second-order valence-corrected chi connectivity index (χ2v) is 4.86. The van der Waals surface area contributed by atoms with Crippen molar-refractivity contribution < 1.29 is 4.73 Å². The summed E-state index contributed by atoms with van der Waals surface area (Å²) in [6.45, 7) is 0. The number of rotatable bonds is 1. The molecule has 0 aliphatic carbocycles. The molecule has 0 radical (unpaired) electrons. The van der Waals surface area contributed by atoms with Gasteiger partial charge in [0.15, 0.2) is 6.20 Å². The molecule has 0 unspecified atom stereocenters. The number of fused-ring (bicyclic) bond motifs is 1. The normalized spacial score (nSPS) is 10.7. The summed E-state index contributed by atoms with van der Waals surface area (Å²) in [5, 5.41) is 14.1. The van der Waals surface area contributed by atoms with E-state index in [0.29, 0.717) is 5.69 Å². The predicted octanol–water partition coefficient (Wildman–Crippen LogP) is 3.90.